The van der Waals surface area contributed by atoms with Crippen molar-refractivity contribution in [2.45, 2.75) is 48.0 Å². The van der Waals surface area contributed by atoms with Crippen LogP contribution in [0.2, 0.25) is 0 Å². The first kappa shape index (κ1) is 22.1. The average Bonchev–Trinajstić information content (AvgIpc) is 2.22. The Labute approximate surface area is 142 Å². The van der Waals surface area contributed by atoms with Gasteiger partial charge in [-0.2, -0.15) is 0 Å². The Bertz CT molecular complexity index is 330. The fourth-order valence-corrected chi connectivity index (χ4v) is 2.02. The molecule has 0 rings (SSSR count). The van der Waals surface area contributed by atoms with Gasteiger partial charge in [-0.25, -0.2) is 4.79 Å². The van der Waals surface area contributed by atoms with E-state index in [-0.39, 0.29) is 31.9 Å². The first-order chi connectivity index (χ1) is 8.46. The van der Waals surface area contributed by atoms with E-state index in [1.807, 2.05) is 0 Å². The van der Waals surface area contributed by atoms with Gasteiger partial charge in [0.05, 0.1) is 0 Å². The molecule has 0 aromatic carbocycles. The van der Waals surface area contributed by atoms with E-state index in [1.54, 1.807) is 0 Å². The number of thiol groups is 1. The summed E-state index contributed by atoms with van der Waals surface area (Å²) in [5.74, 6) is 0.150. The molecule has 118 valence electrons. The molecule has 0 aliphatic heterocycles. The molecule has 0 aromatic heterocycles. The molecule has 0 bridgehead atoms. The SMILES string of the molecule is CC(C)C(C)(C)CC(C)(C)CNC(=O)[CH-]OC(=O)S.[W]. The van der Waals surface area contributed by atoms with Crippen molar-refractivity contribution in [1.82, 2.24) is 5.32 Å². The number of hydrogen-bond donors (Lipinski definition) is 2. The summed E-state index contributed by atoms with van der Waals surface area (Å²) in [5, 5.41) is 1.94. The molecular formula is C14H26NO3SW-. The summed E-state index contributed by atoms with van der Waals surface area (Å²) in [5.41, 5.74) is 0.178. The van der Waals surface area contributed by atoms with Crippen molar-refractivity contribution >= 4 is 23.8 Å². The van der Waals surface area contributed by atoms with Crippen LogP contribution in [0.1, 0.15) is 48.0 Å². The Balaban J connectivity index is 0. The molecule has 0 aliphatic carbocycles. The molecule has 0 heterocycles. The van der Waals surface area contributed by atoms with Crippen LogP contribution in [0.25, 0.3) is 0 Å². The minimum absolute atomic E-state index is 0. The van der Waals surface area contributed by atoms with Crippen molar-refractivity contribution in [3.05, 3.63) is 6.61 Å². The zero-order valence-electron chi connectivity index (χ0n) is 13.1. The summed E-state index contributed by atoms with van der Waals surface area (Å²) in [6.45, 7) is 14.5. The molecule has 0 saturated heterocycles. The van der Waals surface area contributed by atoms with Crippen LogP contribution in [-0.2, 0) is 30.6 Å². The first-order valence-electron chi connectivity index (χ1n) is 6.47. The van der Waals surface area contributed by atoms with E-state index in [0.29, 0.717) is 12.5 Å². The van der Waals surface area contributed by atoms with Crippen LogP contribution in [0.15, 0.2) is 0 Å². The van der Waals surface area contributed by atoms with Crippen molar-refractivity contribution in [3.8, 4) is 0 Å². The third-order valence-electron chi connectivity index (χ3n) is 3.51. The molecule has 0 saturated carbocycles. The van der Waals surface area contributed by atoms with Gasteiger partial charge in [-0.15, -0.1) is 6.61 Å². The largest absolute Gasteiger partial charge is 0.601 e. The molecule has 1 amide bonds. The van der Waals surface area contributed by atoms with Gasteiger partial charge in [0.15, 0.2) is 0 Å². The summed E-state index contributed by atoms with van der Waals surface area (Å²) in [6.07, 6.45) is 0.990. The van der Waals surface area contributed by atoms with E-state index >= 15 is 0 Å². The quantitative estimate of drug-likeness (QED) is 0.339. The second-order valence-electron chi connectivity index (χ2n) is 6.70. The molecule has 6 heteroatoms. The Hall–Kier alpha value is -0.152. The molecule has 20 heavy (non-hydrogen) atoms. The molecular weight excluding hydrogens is 446 g/mol. The van der Waals surface area contributed by atoms with Gasteiger partial charge >= 0.3 is 5.30 Å². The molecule has 0 aromatic rings. The molecule has 0 aliphatic rings. The van der Waals surface area contributed by atoms with Crippen LogP contribution >= 0.6 is 12.6 Å². The number of hydrogen-bond acceptors (Lipinski definition) is 3. The van der Waals surface area contributed by atoms with Crippen LogP contribution < -0.4 is 5.32 Å². The number of carbonyl (C=O) groups excluding carboxylic acids is 2. The summed E-state index contributed by atoms with van der Waals surface area (Å²) < 4.78 is 4.40. The normalized spacial score (nSPS) is 11.6. The number of nitrogens with one attached hydrogen (secondary N) is 1. The minimum atomic E-state index is -0.796. The molecule has 0 unspecified atom stereocenters. The fourth-order valence-electron chi connectivity index (χ4n) is 1.97. The van der Waals surface area contributed by atoms with E-state index in [2.05, 4.69) is 64.2 Å². The van der Waals surface area contributed by atoms with Crippen molar-refractivity contribution in [2.24, 2.45) is 16.7 Å². The third-order valence-corrected chi connectivity index (χ3v) is 3.61. The van der Waals surface area contributed by atoms with Gasteiger partial charge in [-0.3, -0.25) is 0 Å². The molecule has 0 radical (unpaired) electrons. The van der Waals surface area contributed by atoms with Gasteiger partial charge in [-0.1, -0.05) is 54.2 Å². The monoisotopic (exact) mass is 472 g/mol. The van der Waals surface area contributed by atoms with Crippen molar-refractivity contribution < 1.29 is 35.4 Å². The van der Waals surface area contributed by atoms with Crippen LogP contribution in [-0.4, -0.2) is 17.8 Å². The van der Waals surface area contributed by atoms with Gasteiger partial charge in [0.1, 0.15) is 5.91 Å². The Morgan fingerprint density at radius 2 is 1.75 bits per heavy atom. The maximum absolute atomic E-state index is 11.4. The smallest absolute Gasteiger partial charge is 0.336 e. The second-order valence-corrected chi connectivity index (χ2v) is 7.07. The number of ether oxygens (including phenoxy) is 1. The average molecular weight is 472 g/mol. The predicted octanol–water partition coefficient (Wildman–Crippen LogP) is 3.43. The Kier molecular flexibility index (Phi) is 9.95. The predicted molar refractivity (Wildman–Crippen MR) is 79.8 cm³/mol. The molecule has 1 N–H and O–H groups in total. The first-order valence-corrected chi connectivity index (χ1v) is 6.92. The zero-order chi connectivity index (χ0) is 15.3. The zero-order valence-corrected chi connectivity index (χ0v) is 17.0. The van der Waals surface area contributed by atoms with E-state index < -0.39 is 11.2 Å². The van der Waals surface area contributed by atoms with Gasteiger partial charge < -0.3 is 14.8 Å². The Morgan fingerprint density at radius 1 is 1.25 bits per heavy atom. The second kappa shape index (κ2) is 8.99. The Morgan fingerprint density at radius 3 is 2.15 bits per heavy atom. The number of rotatable bonds is 7. The third kappa shape index (κ3) is 9.71. The van der Waals surface area contributed by atoms with Gasteiger partial charge in [-0.05, 0) is 23.2 Å². The number of amides is 1. The summed E-state index contributed by atoms with van der Waals surface area (Å²) >= 11 is 3.40. The van der Waals surface area contributed by atoms with Crippen molar-refractivity contribution in [1.29, 1.82) is 0 Å². The summed E-state index contributed by atoms with van der Waals surface area (Å²) in [7, 11) is 0. The summed E-state index contributed by atoms with van der Waals surface area (Å²) in [4.78, 5) is 21.9. The van der Waals surface area contributed by atoms with Crippen LogP contribution in [0.3, 0.4) is 0 Å². The summed E-state index contributed by atoms with van der Waals surface area (Å²) in [6, 6.07) is 0. The van der Waals surface area contributed by atoms with E-state index in [4.69, 9.17) is 0 Å². The van der Waals surface area contributed by atoms with E-state index in [9.17, 15) is 9.59 Å². The van der Waals surface area contributed by atoms with E-state index in [0.717, 1.165) is 13.0 Å². The van der Waals surface area contributed by atoms with E-state index in [1.165, 1.54) is 0 Å². The van der Waals surface area contributed by atoms with Crippen LogP contribution in [0, 0.1) is 23.4 Å². The van der Waals surface area contributed by atoms with Gasteiger partial charge in [0.25, 0.3) is 0 Å². The fraction of sp³-hybridized carbons (Fsp3) is 0.786. The minimum Gasteiger partial charge on any atom is -0.601 e. The topological polar surface area (TPSA) is 55.4 Å². The van der Waals surface area contributed by atoms with Crippen LogP contribution in [0.5, 0.6) is 0 Å². The molecule has 0 atom stereocenters. The maximum atomic E-state index is 11.4. The van der Waals surface area contributed by atoms with Crippen LogP contribution in [0.4, 0.5) is 4.79 Å². The maximum Gasteiger partial charge on any atom is 0.336 e. The van der Waals surface area contributed by atoms with Gasteiger partial charge in [0.2, 0.25) is 0 Å². The number of carbonyl (C=O) groups is 2. The molecule has 4 nitrogen and oxygen atoms in total. The molecule has 0 fully saturated rings. The van der Waals surface area contributed by atoms with Crippen molar-refractivity contribution in [2.75, 3.05) is 6.54 Å². The standard InChI is InChI=1S/C14H26NO3S.W/c1-10(2)14(5,6)8-13(3,4)9-15-11(16)7-18-12(17)19;/h7,10H,8-9H2,1-6H3,(H,15,16)(H,17,19);/q-1;. The van der Waals surface area contributed by atoms with Crippen molar-refractivity contribution in [3.63, 3.8) is 0 Å². The van der Waals surface area contributed by atoms with Gasteiger partial charge in [0, 0.05) is 27.6 Å². The molecule has 0 spiro atoms.